The van der Waals surface area contributed by atoms with Crippen molar-refractivity contribution in [1.29, 1.82) is 0 Å². The Morgan fingerprint density at radius 2 is 1.86 bits per heavy atom. The summed E-state index contributed by atoms with van der Waals surface area (Å²) in [6.45, 7) is -0.424. The van der Waals surface area contributed by atoms with E-state index in [-0.39, 0.29) is 6.61 Å². The lowest BCUT2D eigenvalue weighted by atomic mass is 10.1. The Morgan fingerprint density at radius 1 is 1.11 bits per heavy atom. The Hall–Kier alpha value is -1.68. The number of anilines is 1. The highest BCUT2D eigenvalue weighted by molar-refractivity contribution is 7.52. The summed E-state index contributed by atoms with van der Waals surface area (Å²) in [5.74, 6) is 0. The van der Waals surface area contributed by atoms with Gasteiger partial charge in [-0.2, -0.15) is 18.5 Å². The largest absolute Gasteiger partial charge is 0.606 e. The van der Waals surface area contributed by atoms with Crippen molar-refractivity contribution >= 4 is 13.9 Å². The smallest absolute Gasteiger partial charge is 0.376 e. The number of aliphatic hydroxyl groups excluding tert-OH is 2. The minimum absolute atomic E-state index is 0.00371. The van der Waals surface area contributed by atoms with E-state index in [1.165, 1.54) is 4.57 Å². The average Bonchev–Trinajstić information content (AvgIpc) is 2.96. The normalized spacial score (nSPS) is 26.9. The molecule has 1 aromatic heterocycles. The van der Waals surface area contributed by atoms with Crippen LogP contribution >= 0.6 is 8.17 Å². The number of ether oxygens (including phenoxy) is 1. The first-order chi connectivity index (χ1) is 13.4. The Balaban J connectivity index is 1.50. The van der Waals surface area contributed by atoms with Crippen molar-refractivity contribution in [2.75, 3.05) is 18.9 Å². The zero-order chi connectivity index (χ0) is 20.1. The molecule has 0 bridgehead atoms. The second-order valence-electron chi connectivity index (χ2n) is 6.46. The molecule has 0 amide bonds. The molecule has 0 aliphatic carbocycles. The van der Waals surface area contributed by atoms with Gasteiger partial charge in [0, 0.05) is 12.5 Å². The van der Waals surface area contributed by atoms with Gasteiger partial charge in [0.1, 0.15) is 25.4 Å². The highest BCUT2D eigenvalue weighted by Gasteiger charge is 2.49. The first-order valence-corrected chi connectivity index (χ1v) is 10.3. The number of rotatable bonds is 8. The van der Waals surface area contributed by atoms with E-state index >= 15 is 0 Å². The molecule has 5 atom stereocenters. The fourth-order valence-electron chi connectivity index (χ4n) is 2.91. The van der Waals surface area contributed by atoms with Gasteiger partial charge in [-0.05, 0) is 11.6 Å². The van der Waals surface area contributed by atoms with Crippen molar-refractivity contribution in [2.45, 2.75) is 31.0 Å². The predicted octanol–water partition coefficient (Wildman–Crippen LogP) is -0.518. The minimum Gasteiger partial charge on any atom is -0.606 e. The van der Waals surface area contributed by atoms with Gasteiger partial charge < -0.3 is 25.6 Å². The summed E-state index contributed by atoms with van der Waals surface area (Å²) in [6, 6.07) is 12.7. The van der Waals surface area contributed by atoms with E-state index in [0.717, 1.165) is 5.56 Å². The number of hydrogen-bond donors (Lipinski definition) is 4. The molecule has 0 spiro atoms. The van der Waals surface area contributed by atoms with Gasteiger partial charge in [0.15, 0.2) is 18.5 Å². The number of phosphoric acid groups is 1. The molecule has 3 rings (SSSR count). The van der Waals surface area contributed by atoms with Crippen LogP contribution in [0.4, 0.5) is 5.69 Å². The average molecular weight is 411 g/mol. The van der Waals surface area contributed by atoms with Crippen molar-refractivity contribution in [2.24, 2.45) is 0 Å². The summed E-state index contributed by atoms with van der Waals surface area (Å²) >= 11 is 0. The van der Waals surface area contributed by atoms with Crippen molar-refractivity contribution in [3.05, 3.63) is 60.4 Å². The first-order valence-electron chi connectivity index (χ1n) is 8.79. The van der Waals surface area contributed by atoms with Gasteiger partial charge in [-0.1, -0.05) is 30.3 Å². The molecule has 0 radical (unpaired) electrons. The van der Waals surface area contributed by atoms with Crippen molar-refractivity contribution < 1.29 is 38.4 Å². The molecule has 5 N–H and O–H groups in total. The van der Waals surface area contributed by atoms with Crippen LogP contribution in [-0.4, -0.2) is 46.6 Å². The topological polar surface area (TPSA) is 141 Å². The van der Waals surface area contributed by atoms with Gasteiger partial charge >= 0.3 is 8.17 Å². The molecule has 1 aromatic carbocycles. The maximum absolute atomic E-state index is 12.0. The molecule has 1 fully saturated rings. The van der Waals surface area contributed by atoms with Gasteiger partial charge in [0.25, 0.3) is 6.23 Å². The van der Waals surface area contributed by atoms with E-state index in [2.05, 4.69) is 0 Å². The molecule has 0 saturated carbocycles. The van der Waals surface area contributed by atoms with Gasteiger partial charge in [-0.25, -0.2) is 0 Å². The van der Waals surface area contributed by atoms with Crippen LogP contribution in [0.15, 0.2) is 54.9 Å². The molecular weight excluding hydrogens is 387 g/mol. The number of aliphatic hydroxyl groups is 2. The quantitative estimate of drug-likeness (QED) is 0.336. The van der Waals surface area contributed by atoms with Crippen molar-refractivity contribution in [3.63, 3.8) is 0 Å². The second-order valence-corrected chi connectivity index (χ2v) is 7.92. The van der Waals surface area contributed by atoms with E-state index in [4.69, 9.17) is 19.5 Å². The Bertz CT molecular complexity index is 765. The molecular formula is C18H24N2O7P+. The summed E-state index contributed by atoms with van der Waals surface area (Å²) in [5, 5.41) is 20.4. The van der Waals surface area contributed by atoms with Crippen LogP contribution < -0.4 is 15.2 Å². The maximum Gasteiger partial charge on any atom is 0.376 e. The molecule has 9 nitrogen and oxygen atoms in total. The van der Waals surface area contributed by atoms with Gasteiger partial charge in [-0.3, -0.25) is 0 Å². The van der Waals surface area contributed by atoms with E-state index in [0.29, 0.717) is 12.1 Å². The summed E-state index contributed by atoms with van der Waals surface area (Å²) < 4.78 is 17.0. The van der Waals surface area contributed by atoms with E-state index in [9.17, 15) is 20.0 Å². The SMILES string of the molecule is Nc1ccc[n+]([C@@H]2O[C@H](CO[P+]([O-])(O)OCCc3ccccc3)[C@@H](O)[C@H]2O)c1. The second kappa shape index (κ2) is 9.21. The summed E-state index contributed by atoms with van der Waals surface area (Å²) in [6.07, 6.45) is -0.835. The predicted molar refractivity (Wildman–Crippen MR) is 98.2 cm³/mol. The fraction of sp³-hybridized carbons (Fsp3) is 0.389. The summed E-state index contributed by atoms with van der Waals surface area (Å²) in [4.78, 5) is 21.8. The number of nitrogens with two attached hydrogens (primary N) is 1. The molecule has 2 aromatic rings. The van der Waals surface area contributed by atoms with E-state index < -0.39 is 39.3 Å². The molecule has 10 heteroatoms. The Kier molecular flexibility index (Phi) is 6.92. The number of nitrogen functional groups attached to an aromatic ring is 1. The lowest BCUT2D eigenvalue weighted by Gasteiger charge is -2.21. The molecule has 1 unspecified atom stereocenters. The number of benzene rings is 1. The van der Waals surface area contributed by atoms with Crippen LogP contribution in [0, 0.1) is 0 Å². The highest BCUT2D eigenvalue weighted by atomic mass is 31.2. The molecule has 1 saturated heterocycles. The molecule has 1 aliphatic rings. The Labute approximate surface area is 163 Å². The zero-order valence-corrected chi connectivity index (χ0v) is 16.0. The highest BCUT2D eigenvalue weighted by Crippen LogP contribution is 2.48. The van der Waals surface area contributed by atoms with Crippen LogP contribution in [0.1, 0.15) is 11.8 Å². The van der Waals surface area contributed by atoms with Crippen LogP contribution in [0.3, 0.4) is 0 Å². The third kappa shape index (κ3) is 5.44. The zero-order valence-electron chi connectivity index (χ0n) is 15.1. The lowest BCUT2D eigenvalue weighted by Crippen LogP contribution is -2.45. The van der Waals surface area contributed by atoms with Crippen LogP contribution in [0.2, 0.25) is 0 Å². The van der Waals surface area contributed by atoms with Crippen LogP contribution in [0.5, 0.6) is 0 Å². The Morgan fingerprint density at radius 3 is 2.57 bits per heavy atom. The maximum atomic E-state index is 12.0. The number of nitrogens with zero attached hydrogens (tertiary/aromatic N) is 1. The fourth-order valence-corrected chi connectivity index (χ4v) is 3.64. The minimum atomic E-state index is -4.33. The van der Waals surface area contributed by atoms with Crippen LogP contribution in [0.25, 0.3) is 0 Å². The van der Waals surface area contributed by atoms with Gasteiger partial charge in [-0.15, -0.1) is 0 Å². The molecule has 1 aliphatic heterocycles. The van der Waals surface area contributed by atoms with Crippen LogP contribution in [-0.2, 0) is 20.2 Å². The third-order valence-corrected chi connectivity index (χ3v) is 5.35. The van der Waals surface area contributed by atoms with Crippen molar-refractivity contribution in [3.8, 4) is 0 Å². The van der Waals surface area contributed by atoms with E-state index in [1.54, 1.807) is 24.5 Å². The first kappa shape index (κ1) is 21.0. The summed E-state index contributed by atoms with van der Waals surface area (Å²) in [5.41, 5.74) is 7.13. The monoisotopic (exact) mass is 411 g/mol. The van der Waals surface area contributed by atoms with Crippen molar-refractivity contribution in [1.82, 2.24) is 0 Å². The molecule has 28 heavy (non-hydrogen) atoms. The number of hydrogen-bond acceptors (Lipinski definition) is 8. The number of pyridine rings is 1. The standard InChI is InChI=1S/C18H23N2O7P/c19-14-7-4-9-20(11-14)18-17(22)16(21)15(27-18)12-26-28(23,24)25-10-8-13-5-2-1-3-6-13/h1-7,9,11,15-18,21-22H,8,10,12,19H2/p+1/t15-,16-,17-,18-/m1/s1. The van der Waals surface area contributed by atoms with Gasteiger partial charge in [0.2, 0.25) is 0 Å². The molecule has 2 heterocycles. The van der Waals surface area contributed by atoms with E-state index in [1.807, 2.05) is 30.3 Å². The number of aromatic nitrogens is 1. The number of phosphoric ester groups is 1. The van der Waals surface area contributed by atoms with Gasteiger partial charge in [0.05, 0.1) is 5.69 Å². The lowest BCUT2D eigenvalue weighted by molar-refractivity contribution is -0.765. The third-order valence-electron chi connectivity index (χ3n) is 4.37. The summed E-state index contributed by atoms with van der Waals surface area (Å²) in [7, 11) is -4.33. The molecule has 152 valence electrons.